The van der Waals surface area contributed by atoms with Gasteiger partial charge < -0.3 is 14.8 Å². The highest BCUT2D eigenvalue weighted by Gasteiger charge is 2.39. The van der Waals surface area contributed by atoms with Crippen molar-refractivity contribution in [3.63, 3.8) is 0 Å². The van der Waals surface area contributed by atoms with E-state index in [-0.39, 0.29) is 28.7 Å². The van der Waals surface area contributed by atoms with Crippen LogP contribution in [0, 0.1) is 11.6 Å². The smallest absolute Gasteiger partial charge is 0.165 e. The van der Waals surface area contributed by atoms with E-state index in [9.17, 15) is 8.78 Å². The minimum Gasteiger partial charge on any atom is -0.487 e. The summed E-state index contributed by atoms with van der Waals surface area (Å²) in [4.78, 5) is 0. The molecule has 0 aromatic heterocycles. The first-order valence-electron chi connectivity index (χ1n) is 8.81. The van der Waals surface area contributed by atoms with Gasteiger partial charge in [0.25, 0.3) is 0 Å². The lowest BCUT2D eigenvalue weighted by molar-refractivity contribution is 0.160. The predicted octanol–water partition coefficient (Wildman–Crippen LogP) is 4.91. The summed E-state index contributed by atoms with van der Waals surface area (Å²) >= 11 is 5.76. The van der Waals surface area contributed by atoms with Crippen LogP contribution in [0.4, 0.5) is 8.78 Å². The number of nitrogens with one attached hydrogen (secondary N) is 1. The molecule has 1 fully saturated rings. The molecule has 138 valence electrons. The first kappa shape index (κ1) is 17.6. The number of piperidine rings is 1. The van der Waals surface area contributed by atoms with Crippen LogP contribution in [0.3, 0.4) is 0 Å². The van der Waals surface area contributed by atoms with Crippen LogP contribution in [0.15, 0.2) is 24.3 Å². The van der Waals surface area contributed by atoms with Crippen LogP contribution >= 0.6 is 11.6 Å². The molecule has 2 atom stereocenters. The molecule has 0 saturated carbocycles. The Morgan fingerprint density at radius 3 is 2.62 bits per heavy atom. The van der Waals surface area contributed by atoms with Gasteiger partial charge in [0.15, 0.2) is 11.5 Å². The van der Waals surface area contributed by atoms with E-state index in [1.54, 1.807) is 6.07 Å². The Balaban J connectivity index is 1.88. The van der Waals surface area contributed by atoms with Crippen molar-refractivity contribution in [2.45, 2.75) is 38.4 Å². The van der Waals surface area contributed by atoms with Crippen LogP contribution in [-0.4, -0.2) is 25.3 Å². The first-order valence-corrected chi connectivity index (χ1v) is 9.18. The zero-order valence-corrected chi connectivity index (χ0v) is 15.4. The molecule has 0 spiro atoms. The molecule has 3 nitrogen and oxygen atoms in total. The number of fused-ring (bicyclic) bond motifs is 3. The Morgan fingerprint density at radius 1 is 1.19 bits per heavy atom. The average molecular weight is 380 g/mol. The quantitative estimate of drug-likeness (QED) is 0.821. The van der Waals surface area contributed by atoms with E-state index in [0.29, 0.717) is 17.1 Å². The molecule has 2 aliphatic rings. The summed E-state index contributed by atoms with van der Waals surface area (Å²) in [6, 6.07) is 5.71. The van der Waals surface area contributed by atoms with E-state index in [2.05, 4.69) is 5.32 Å². The maximum absolute atomic E-state index is 14.5. The maximum atomic E-state index is 14.5. The predicted molar refractivity (Wildman–Crippen MR) is 97.2 cm³/mol. The normalized spacial score (nSPS) is 21.3. The molecule has 26 heavy (non-hydrogen) atoms. The van der Waals surface area contributed by atoms with Gasteiger partial charge in [0.05, 0.1) is 11.7 Å². The van der Waals surface area contributed by atoms with Crippen molar-refractivity contribution in [2.24, 2.45) is 0 Å². The second-order valence-corrected chi connectivity index (χ2v) is 7.50. The third kappa shape index (κ3) is 3.03. The Kier molecular flexibility index (Phi) is 4.53. The van der Waals surface area contributed by atoms with E-state index in [1.807, 2.05) is 19.9 Å². The van der Waals surface area contributed by atoms with Crippen LogP contribution in [0.5, 0.6) is 11.5 Å². The summed E-state index contributed by atoms with van der Waals surface area (Å²) < 4.78 is 41.0. The molecule has 4 rings (SSSR count). The molecule has 2 heterocycles. The van der Waals surface area contributed by atoms with Gasteiger partial charge in [0, 0.05) is 23.0 Å². The van der Waals surface area contributed by atoms with Gasteiger partial charge in [-0.25, -0.2) is 8.78 Å². The minimum absolute atomic E-state index is 0.0310. The SMILES string of the molecule is CC(C)Oc1cc(-c2c(F)cc(Cl)cc2F)cc2c1OC1CCNCC21. The Labute approximate surface area is 156 Å². The average Bonchev–Trinajstić information content (AvgIpc) is 2.93. The lowest BCUT2D eigenvalue weighted by Gasteiger charge is -2.24. The Morgan fingerprint density at radius 2 is 1.92 bits per heavy atom. The molecule has 2 aliphatic heterocycles. The number of ether oxygens (including phenoxy) is 2. The molecule has 0 aliphatic carbocycles. The summed E-state index contributed by atoms with van der Waals surface area (Å²) in [6.07, 6.45) is 0.869. The van der Waals surface area contributed by atoms with Crippen molar-refractivity contribution in [1.29, 1.82) is 0 Å². The Hall–Kier alpha value is -1.85. The van der Waals surface area contributed by atoms with Crippen LogP contribution < -0.4 is 14.8 Å². The first-order chi connectivity index (χ1) is 12.4. The Bertz CT molecular complexity index is 833. The minimum atomic E-state index is -0.692. The molecular formula is C20H20ClF2NO2. The van der Waals surface area contributed by atoms with E-state index in [1.165, 1.54) is 0 Å². The largest absolute Gasteiger partial charge is 0.487 e. The van der Waals surface area contributed by atoms with Gasteiger partial charge in [-0.1, -0.05) is 11.6 Å². The number of halogens is 3. The van der Waals surface area contributed by atoms with Crippen LogP contribution in [0.1, 0.15) is 31.7 Å². The highest BCUT2D eigenvalue weighted by molar-refractivity contribution is 6.30. The van der Waals surface area contributed by atoms with Gasteiger partial charge in [-0.15, -0.1) is 0 Å². The fourth-order valence-corrected chi connectivity index (χ4v) is 3.96. The number of hydrogen-bond acceptors (Lipinski definition) is 3. The lowest BCUT2D eigenvalue weighted by Crippen LogP contribution is -2.37. The number of hydrogen-bond donors (Lipinski definition) is 1. The summed E-state index contributed by atoms with van der Waals surface area (Å²) in [7, 11) is 0. The van der Waals surface area contributed by atoms with E-state index < -0.39 is 11.6 Å². The van der Waals surface area contributed by atoms with Crippen molar-refractivity contribution >= 4 is 11.6 Å². The molecule has 6 heteroatoms. The standard InChI is InChI=1S/C20H20ClF2NO2/c1-10(2)25-18-6-11(19-15(22)7-12(21)8-16(19)23)5-13-14-9-24-4-3-17(14)26-20(13)18/h5-8,10,14,17,24H,3-4,9H2,1-2H3. The summed E-state index contributed by atoms with van der Waals surface area (Å²) in [6.45, 7) is 5.48. The van der Waals surface area contributed by atoms with Gasteiger partial charge in [-0.2, -0.15) is 0 Å². The third-order valence-corrected chi connectivity index (χ3v) is 5.05. The molecule has 2 aromatic carbocycles. The van der Waals surface area contributed by atoms with Crippen LogP contribution in [-0.2, 0) is 0 Å². The van der Waals surface area contributed by atoms with Crippen molar-refractivity contribution in [1.82, 2.24) is 5.32 Å². The third-order valence-electron chi connectivity index (χ3n) is 4.83. The van der Waals surface area contributed by atoms with Crippen molar-refractivity contribution in [3.05, 3.63) is 46.5 Å². The monoisotopic (exact) mass is 379 g/mol. The van der Waals surface area contributed by atoms with Gasteiger partial charge in [0.2, 0.25) is 0 Å². The number of rotatable bonds is 3. The van der Waals surface area contributed by atoms with Gasteiger partial charge in [-0.05, 0) is 56.6 Å². The van der Waals surface area contributed by atoms with Crippen molar-refractivity contribution in [2.75, 3.05) is 13.1 Å². The summed E-state index contributed by atoms with van der Waals surface area (Å²) in [5, 5.41) is 3.39. The molecule has 2 unspecified atom stereocenters. The molecular weight excluding hydrogens is 360 g/mol. The van der Waals surface area contributed by atoms with E-state index in [4.69, 9.17) is 21.1 Å². The zero-order chi connectivity index (χ0) is 18.4. The molecule has 1 N–H and O–H groups in total. The highest BCUT2D eigenvalue weighted by atomic mass is 35.5. The molecule has 0 bridgehead atoms. The summed E-state index contributed by atoms with van der Waals surface area (Å²) in [5.41, 5.74) is 1.27. The molecule has 1 saturated heterocycles. The maximum Gasteiger partial charge on any atom is 0.165 e. The zero-order valence-electron chi connectivity index (χ0n) is 14.6. The van der Waals surface area contributed by atoms with Crippen molar-refractivity contribution in [3.8, 4) is 22.6 Å². The molecule has 2 aromatic rings. The molecule has 0 amide bonds. The fourth-order valence-electron chi connectivity index (χ4n) is 3.77. The van der Waals surface area contributed by atoms with Crippen LogP contribution in [0.25, 0.3) is 11.1 Å². The van der Waals surface area contributed by atoms with Gasteiger partial charge in [0.1, 0.15) is 17.7 Å². The lowest BCUT2D eigenvalue weighted by atomic mass is 9.89. The number of benzene rings is 2. The van der Waals surface area contributed by atoms with E-state index >= 15 is 0 Å². The highest BCUT2D eigenvalue weighted by Crippen LogP contribution is 2.49. The second kappa shape index (κ2) is 6.71. The second-order valence-electron chi connectivity index (χ2n) is 7.06. The van der Waals surface area contributed by atoms with Crippen LogP contribution in [0.2, 0.25) is 5.02 Å². The topological polar surface area (TPSA) is 30.5 Å². The van der Waals surface area contributed by atoms with Gasteiger partial charge >= 0.3 is 0 Å². The van der Waals surface area contributed by atoms with E-state index in [0.717, 1.165) is 37.2 Å². The summed E-state index contributed by atoms with van der Waals surface area (Å²) in [5.74, 6) is -0.0245. The van der Waals surface area contributed by atoms with Crippen molar-refractivity contribution < 1.29 is 18.3 Å². The fraction of sp³-hybridized carbons (Fsp3) is 0.400. The molecule has 0 radical (unpaired) electrons. The van der Waals surface area contributed by atoms with Gasteiger partial charge in [-0.3, -0.25) is 0 Å².